The van der Waals surface area contributed by atoms with E-state index in [-0.39, 0.29) is 11.8 Å². The largest absolute Gasteiger partial charge is 0.444 e. The fraction of sp³-hybridized carbons (Fsp3) is 0.522. The number of amides is 3. The standard InChI is InChI=1S/C23H34N4O4/c1-14(2)11-18(27-22(30)31-23(3,4)5)21(29)26-19(20(28)24-6)12-15-13-25-17-10-8-7-9-16(15)17/h7-10,13-14,18-19,25H,11-12H2,1-6H3,(H,24,28)(H,26,29)(H,27,30). The van der Waals surface area contributed by atoms with Gasteiger partial charge in [0, 0.05) is 30.6 Å². The second kappa shape index (κ2) is 10.3. The molecule has 0 saturated heterocycles. The van der Waals surface area contributed by atoms with Crippen molar-refractivity contribution in [2.24, 2.45) is 5.92 Å². The van der Waals surface area contributed by atoms with Crippen molar-refractivity contribution in [3.8, 4) is 0 Å². The van der Waals surface area contributed by atoms with Crippen LogP contribution in [0.2, 0.25) is 0 Å². The minimum atomic E-state index is -0.815. The fourth-order valence-electron chi connectivity index (χ4n) is 3.33. The Balaban J connectivity index is 2.17. The van der Waals surface area contributed by atoms with Crippen molar-refractivity contribution in [1.29, 1.82) is 0 Å². The highest BCUT2D eigenvalue weighted by atomic mass is 16.6. The van der Waals surface area contributed by atoms with E-state index >= 15 is 0 Å². The molecule has 2 atom stereocenters. The molecule has 0 spiro atoms. The smallest absolute Gasteiger partial charge is 0.408 e. The van der Waals surface area contributed by atoms with Gasteiger partial charge in [-0.1, -0.05) is 32.0 Å². The van der Waals surface area contributed by atoms with Crippen LogP contribution < -0.4 is 16.0 Å². The molecule has 4 N–H and O–H groups in total. The molecule has 3 amide bonds. The van der Waals surface area contributed by atoms with E-state index in [0.717, 1.165) is 16.5 Å². The number of aromatic amines is 1. The molecule has 1 aromatic heterocycles. The van der Waals surface area contributed by atoms with Crippen LogP contribution in [0.4, 0.5) is 4.79 Å². The van der Waals surface area contributed by atoms with Gasteiger partial charge in [-0.15, -0.1) is 0 Å². The number of benzene rings is 1. The topological polar surface area (TPSA) is 112 Å². The number of H-pyrrole nitrogens is 1. The van der Waals surface area contributed by atoms with Gasteiger partial charge in [0.1, 0.15) is 17.7 Å². The Labute approximate surface area is 183 Å². The van der Waals surface area contributed by atoms with Crippen LogP contribution in [0.25, 0.3) is 10.9 Å². The number of hydrogen-bond acceptors (Lipinski definition) is 4. The van der Waals surface area contributed by atoms with Gasteiger partial charge in [-0.3, -0.25) is 9.59 Å². The van der Waals surface area contributed by atoms with Crippen LogP contribution in [0.5, 0.6) is 0 Å². The van der Waals surface area contributed by atoms with Gasteiger partial charge in [-0.05, 0) is 44.7 Å². The zero-order chi connectivity index (χ0) is 23.2. The van der Waals surface area contributed by atoms with Crippen LogP contribution in [-0.4, -0.2) is 47.6 Å². The maximum Gasteiger partial charge on any atom is 0.408 e. The summed E-state index contributed by atoms with van der Waals surface area (Å²) in [6, 6.07) is 6.18. The molecule has 0 aliphatic carbocycles. The molecule has 0 fully saturated rings. The van der Waals surface area contributed by atoms with Crippen molar-refractivity contribution >= 4 is 28.8 Å². The van der Waals surface area contributed by atoms with E-state index in [2.05, 4.69) is 20.9 Å². The van der Waals surface area contributed by atoms with Crippen molar-refractivity contribution in [1.82, 2.24) is 20.9 Å². The molecule has 2 aromatic rings. The highest BCUT2D eigenvalue weighted by Crippen LogP contribution is 2.19. The van der Waals surface area contributed by atoms with Crippen LogP contribution in [0, 0.1) is 5.92 Å². The first kappa shape index (κ1) is 24.2. The van der Waals surface area contributed by atoms with Crippen LogP contribution in [-0.2, 0) is 20.7 Å². The monoisotopic (exact) mass is 430 g/mol. The Morgan fingerprint density at radius 2 is 1.71 bits per heavy atom. The quantitative estimate of drug-likeness (QED) is 0.516. The van der Waals surface area contributed by atoms with Crippen molar-refractivity contribution in [2.45, 2.75) is 65.1 Å². The molecular formula is C23H34N4O4. The lowest BCUT2D eigenvalue weighted by Crippen LogP contribution is -2.54. The third-order valence-electron chi connectivity index (χ3n) is 4.69. The summed E-state index contributed by atoms with van der Waals surface area (Å²) in [6.07, 6.45) is 1.91. The van der Waals surface area contributed by atoms with Crippen molar-refractivity contribution in [3.05, 3.63) is 36.0 Å². The molecule has 170 valence electrons. The summed E-state index contributed by atoms with van der Waals surface area (Å²) in [4.78, 5) is 41.0. The van der Waals surface area contributed by atoms with E-state index in [1.165, 1.54) is 7.05 Å². The van der Waals surface area contributed by atoms with Crippen molar-refractivity contribution in [2.75, 3.05) is 7.05 Å². The van der Waals surface area contributed by atoms with Crippen molar-refractivity contribution < 1.29 is 19.1 Å². The van der Waals surface area contributed by atoms with Crippen LogP contribution in [0.1, 0.15) is 46.6 Å². The Morgan fingerprint density at radius 1 is 1.03 bits per heavy atom. The van der Waals surface area contributed by atoms with E-state index in [0.29, 0.717) is 12.8 Å². The maximum atomic E-state index is 13.0. The van der Waals surface area contributed by atoms with Gasteiger partial charge in [0.05, 0.1) is 0 Å². The van der Waals surface area contributed by atoms with Gasteiger partial charge >= 0.3 is 6.09 Å². The molecule has 0 saturated carbocycles. The number of aromatic nitrogens is 1. The van der Waals surface area contributed by atoms with Gasteiger partial charge in [-0.2, -0.15) is 0 Å². The predicted octanol–water partition coefficient (Wildman–Crippen LogP) is 2.88. The molecule has 0 bridgehead atoms. The maximum absolute atomic E-state index is 13.0. The van der Waals surface area contributed by atoms with Gasteiger partial charge in [0.2, 0.25) is 11.8 Å². The fourth-order valence-corrected chi connectivity index (χ4v) is 3.33. The number of likely N-dealkylation sites (N-methyl/N-ethyl adjacent to an activating group) is 1. The normalized spacial score (nSPS) is 13.5. The number of alkyl carbamates (subject to hydrolysis) is 1. The van der Waals surface area contributed by atoms with Crippen LogP contribution in [0.15, 0.2) is 30.5 Å². The number of carbonyl (C=O) groups excluding carboxylic acids is 3. The molecule has 0 aliphatic heterocycles. The van der Waals surface area contributed by atoms with Crippen molar-refractivity contribution in [3.63, 3.8) is 0 Å². The first-order chi connectivity index (χ1) is 14.5. The molecule has 1 heterocycles. The molecule has 8 nitrogen and oxygen atoms in total. The highest BCUT2D eigenvalue weighted by Gasteiger charge is 2.29. The number of nitrogens with one attached hydrogen (secondary N) is 4. The highest BCUT2D eigenvalue weighted by molar-refractivity contribution is 5.92. The average molecular weight is 431 g/mol. The third kappa shape index (κ3) is 7.31. The van der Waals surface area contributed by atoms with Crippen LogP contribution >= 0.6 is 0 Å². The summed E-state index contributed by atoms with van der Waals surface area (Å²) in [7, 11) is 1.53. The minimum Gasteiger partial charge on any atom is -0.444 e. The lowest BCUT2D eigenvalue weighted by atomic mass is 10.0. The summed E-state index contributed by atoms with van der Waals surface area (Å²) < 4.78 is 5.29. The second-order valence-electron chi connectivity index (χ2n) is 9.07. The summed E-state index contributed by atoms with van der Waals surface area (Å²) in [5, 5.41) is 9.06. The summed E-state index contributed by atoms with van der Waals surface area (Å²) in [5.74, 6) is -0.579. The number of para-hydroxylation sites is 1. The predicted molar refractivity (Wildman–Crippen MR) is 121 cm³/mol. The lowest BCUT2D eigenvalue weighted by Gasteiger charge is -2.26. The van der Waals surface area contributed by atoms with Crippen LogP contribution in [0.3, 0.4) is 0 Å². The second-order valence-corrected chi connectivity index (χ2v) is 9.07. The van der Waals surface area contributed by atoms with Gasteiger partial charge in [-0.25, -0.2) is 4.79 Å². The number of hydrogen-bond donors (Lipinski definition) is 4. The number of fused-ring (bicyclic) bond motifs is 1. The van der Waals surface area contributed by atoms with E-state index in [1.807, 2.05) is 44.3 Å². The summed E-state index contributed by atoms with van der Waals surface area (Å²) >= 11 is 0. The molecule has 31 heavy (non-hydrogen) atoms. The molecule has 0 radical (unpaired) electrons. The third-order valence-corrected chi connectivity index (χ3v) is 4.69. The van der Waals surface area contributed by atoms with E-state index in [1.54, 1.807) is 20.8 Å². The van der Waals surface area contributed by atoms with Gasteiger partial charge < -0.3 is 25.7 Å². The summed E-state index contributed by atoms with van der Waals surface area (Å²) in [6.45, 7) is 9.19. The molecule has 2 unspecified atom stereocenters. The van der Waals surface area contributed by atoms with Gasteiger partial charge in [0.15, 0.2) is 0 Å². The molecule has 0 aliphatic rings. The zero-order valence-corrected chi connectivity index (χ0v) is 19.2. The summed E-state index contributed by atoms with van der Waals surface area (Å²) in [5.41, 5.74) is 1.21. The van der Waals surface area contributed by atoms with E-state index in [9.17, 15) is 14.4 Å². The first-order valence-corrected chi connectivity index (χ1v) is 10.6. The zero-order valence-electron chi connectivity index (χ0n) is 19.2. The molecule has 1 aromatic carbocycles. The van der Waals surface area contributed by atoms with E-state index < -0.39 is 29.7 Å². The van der Waals surface area contributed by atoms with E-state index in [4.69, 9.17) is 4.74 Å². The first-order valence-electron chi connectivity index (χ1n) is 10.6. The SMILES string of the molecule is CNC(=O)C(Cc1c[nH]c2ccccc12)NC(=O)C(CC(C)C)NC(=O)OC(C)(C)C. The Bertz CT molecular complexity index is 914. The molecule has 2 rings (SSSR count). The number of rotatable bonds is 8. The number of carbonyl (C=O) groups is 3. The lowest BCUT2D eigenvalue weighted by molar-refractivity contribution is -0.130. The minimum absolute atomic E-state index is 0.151. The van der Waals surface area contributed by atoms with Gasteiger partial charge in [0.25, 0.3) is 0 Å². The molecular weight excluding hydrogens is 396 g/mol. The average Bonchev–Trinajstić information content (AvgIpc) is 3.07. The number of ether oxygens (including phenoxy) is 1. The Hall–Kier alpha value is -3.03. The molecule has 8 heteroatoms. The Kier molecular flexibility index (Phi) is 8.08. The Morgan fingerprint density at radius 3 is 2.32 bits per heavy atom.